The van der Waals surface area contributed by atoms with Gasteiger partial charge in [0, 0.05) is 17.7 Å². The van der Waals surface area contributed by atoms with Crippen LogP contribution in [0.15, 0.2) is 29.9 Å². The molecule has 0 unspecified atom stereocenters. The number of ether oxygens (including phenoxy) is 2. The van der Waals surface area contributed by atoms with Gasteiger partial charge in [-0.2, -0.15) is 0 Å². The molecule has 4 aromatic heterocycles. The molecule has 7 rings (SSSR count). The van der Waals surface area contributed by atoms with E-state index in [9.17, 15) is 9.59 Å². The van der Waals surface area contributed by atoms with Crippen LogP contribution in [0.4, 0.5) is 15.0 Å². The number of carbonyl (C=O) groups excluding carboxylic acids is 2. The fourth-order valence-corrected chi connectivity index (χ4v) is 6.81. The lowest BCUT2D eigenvalue weighted by atomic mass is 9.53. The molecular formula is C27H25ClFN6O4S. The number of fused-ring (bicyclic) bond motifs is 4. The van der Waals surface area contributed by atoms with Crippen LogP contribution in [0, 0.1) is 23.1 Å². The first kappa shape index (κ1) is 26.6. The lowest BCUT2D eigenvalue weighted by molar-refractivity contribution is -0.0491. The number of aromatic nitrogens is 5. The zero-order valence-electron chi connectivity index (χ0n) is 21.4. The number of hydrogen-bond acceptors (Lipinski definition) is 10. The van der Waals surface area contributed by atoms with Crippen molar-refractivity contribution in [1.29, 1.82) is 0 Å². The number of halogens is 2. The van der Waals surface area contributed by atoms with Crippen LogP contribution >= 0.6 is 22.9 Å². The number of rotatable bonds is 8. The van der Waals surface area contributed by atoms with E-state index in [0.717, 1.165) is 12.8 Å². The molecule has 0 aromatic carbocycles. The van der Waals surface area contributed by atoms with Gasteiger partial charge in [-0.1, -0.05) is 17.7 Å². The summed E-state index contributed by atoms with van der Waals surface area (Å²) >= 11 is 7.45. The first-order chi connectivity index (χ1) is 19.4. The summed E-state index contributed by atoms with van der Waals surface area (Å²) < 4.78 is 26.4. The molecular weight excluding hydrogens is 559 g/mol. The Kier molecular flexibility index (Phi) is 7.13. The van der Waals surface area contributed by atoms with Crippen molar-refractivity contribution < 1.29 is 23.5 Å². The maximum Gasteiger partial charge on any atom is 0.508 e. The molecule has 13 heteroatoms. The predicted octanol–water partition coefficient (Wildman–Crippen LogP) is 5.81. The van der Waals surface area contributed by atoms with E-state index in [1.54, 1.807) is 19.2 Å². The number of H-pyrrole nitrogens is 1. The van der Waals surface area contributed by atoms with Crippen LogP contribution in [-0.2, 0) is 14.3 Å². The molecule has 207 valence electrons. The molecule has 0 aliphatic heterocycles. The predicted molar refractivity (Wildman–Crippen MR) is 147 cm³/mol. The number of thiophene rings is 1. The van der Waals surface area contributed by atoms with Crippen LogP contribution in [0.25, 0.3) is 33.1 Å². The number of nitrogens with zero attached hydrogens (tertiary/aromatic N) is 4. The molecule has 3 saturated carbocycles. The minimum absolute atomic E-state index is 0.0306. The molecule has 4 aromatic rings. The van der Waals surface area contributed by atoms with Gasteiger partial charge >= 0.3 is 6.16 Å². The van der Waals surface area contributed by atoms with Crippen LogP contribution in [0.3, 0.4) is 0 Å². The molecule has 2 bridgehead atoms. The summed E-state index contributed by atoms with van der Waals surface area (Å²) in [5, 5.41) is 5.29. The topological polar surface area (TPSA) is 132 Å². The molecule has 1 radical (unpaired) electrons. The average molecular weight is 584 g/mol. The Labute approximate surface area is 237 Å². The number of anilines is 1. The molecule has 2 atom stereocenters. The molecule has 2 N–H and O–H groups in total. The Hall–Kier alpha value is -3.64. The van der Waals surface area contributed by atoms with E-state index < -0.39 is 29.3 Å². The Balaban J connectivity index is 1.39. The summed E-state index contributed by atoms with van der Waals surface area (Å²) in [6.07, 6.45) is 7.47. The Morgan fingerprint density at radius 2 is 2.12 bits per heavy atom. The van der Waals surface area contributed by atoms with Gasteiger partial charge in [0.2, 0.25) is 6.29 Å². The highest BCUT2D eigenvalue weighted by atomic mass is 35.5. The highest BCUT2D eigenvalue weighted by molar-refractivity contribution is 7.13. The molecule has 0 saturated heterocycles. The fraction of sp³-hybridized carbons (Fsp3) is 0.407. The van der Waals surface area contributed by atoms with Gasteiger partial charge in [-0.3, -0.25) is 4.79 Å². The summed E-state index contributed by atoms with van der Waals surface area (Å²) in [6.45, 7) is 1.92. The van der Waals surface area contributed by atoms with Crippen molar-refractivity contribution in [1.82, 2.24) is 24.9 Å². The molecule has 3 aliphatic rings. The lowest BCUT2D eigenvalue weighted by Crippen LogP contribution is -2.57. The molecule has 0 amide bonds. The maximum absolute atomic E-state index is 16.1. The minimum Gasteiger partial charge on any atom is -0.435 e. The second-order valence-electron chi connectivity index (χ2n) is 10.1. The molecule has 40 heavy (non-hydrogen) atoms. The highest BCUT2D eigenvalue weighted by Crippen LogP contribution is 2.54. The monoisotopic (exact) mass is 583 g/mol. The smallest absolute Gasteiger partial charge is 0.435 e. The SMILES string of the molecule is CCOC(=O)OCC12CCC(CC1)[C@H](Nc1nc(-c3c[nH]c4ncc(Cl)nc34)nc(-c3cccs3)c1F)[C@H]2[C]=O. The lowest BCUT2D eigenvalue weighted by Gasteiger charge is -2.54. The van der Waals surface area contributed by atoms with Crippen LogP contribution in [-0.4, -0.2) is 56.6 Å². The number of hydrogen-bond donors (Lipinski definition) is 2. The molecule has 3 fully saturated rings. The van der Waals surface area contributed by atoms with Gasteiger partial charge in [0.15, 0.2) is 23.1 Å². The zero-order chi connectivity index (χ0) is 27.9. The van der Waals surface area contributed by atoms with Gasteiger partial charge in [0.1, 0.15) is 23.0 Å². The number of carbonyl (C=O) groups is 1. The fourth-order valence-electron chi connectivity index (χ4n) is 5.97. The van der Waals surface area contributed by atoms with Crippen molar-refractivity contribution in [3.63, 3.8) is 0 Å². The summed E-state index contributed by atoms with van der Waals surface area (Å²) in [5.41, 5.74) is 0.956. The Bertz CT molecular complexity index is 1560. The van der Waals surface area contributed by atoms with E-state index in [2.05, 4.69) is 36.5 Å². The average Bonchev–Trinajstić information content (AvgIpc) is 3.64. The van der Waals surface area contributed by atoms with E-state index in [1.165, 1.54) is 17.5 Å². The first-order valence-corrected chi connectivity index (χ1v) is 14.2. The maximum atomic E-state index is 16.1. The van der Waals surface area contributed by atoms with Crippen LogP contribution < -0.4 is 5.32 Å². The third-order valence-corrected chi connectivity index (χ3v) is 8.98. The molecule has 3 aliphatic carbocycles. The van der Waals surface area contributed by atoms with Gasteiger partial charge in [-0.15, -0.1) is 11.3 Å². The Morgan fingerprint density at radius 3 is 2.85 bits per heavy atom. The van der Waals surface area contributed by atoms with Gasteiger partial charge in [-0.05, 0) is 50.0 Å². The van der Waals surface area contributed by atoms with Crippen molar-refractivity contribution in [2.45, 2.75) is 38.6 Å². The summed E-state index contributed by atoms with van der Waals surface area (Å²) in [6, 6.07) is 3.13. The number of nitrogens with one attached hydrogen (secondary N) is 2. The normalized spacial score (nSPS) is 23.7. The molecule has 4 heterocycles. The first-order valence-electron chi connectivity index (χ1n) is 13.0. The van der Waals surface area contributed by atoms with Crippen molar-refractivity contribution >= 4 is 52.4 Å². The van der Waals surface area contributed by atoms with Crippen molar-refractivity contribution in [3.8, 4) is 22.0 Å². The van der Waals surface area contributed by atoms with Gasteiger partial charge in [-0.25, -0.2) is 29.1 Å². The Morgan fingerprint density at radius 1 is 1.30 bits per heavy atom. The molecule has 10 nitrogen and oxygen atoms in total. The third kappa shape index (κ3) is 4.68. The summed E-state index contributed by atoms with van der Waals surface area (Å²) in [5.74, 6) is -0.981. The van der Waals surface area contributed by atoms with Gasteiger partial charge in [0.25, 0.3) is 0 Å². The van der Waals surface area contributed by atoms with E-state index in [4.69, 9.17) is 21.1 Å². The largest absolute Gasteiger partial charge is 0.508 e. The van der Waals surface area contributed by atoms with E-state index in [1.807, 2.05) is 11.4 Å². The quantitative estimate of drug-likeness (QED) is 0.247. The van der Waals surface area contributed by atoms with E-state index in [-0.39, 0.29) is 41.6 Å². The van der Waals surface area contributed by atoms with Crippen LogP contribution in [0.2, 0.25) is 5.15 Å². The van der Waals surface area contributed by atoms with Crippen LogP contribution in [0.5, 0.6) is 0 Å². The second kappa shape index (κ2) is 10.7. The van der Waals surface area contributed by atoms with Crippen LogP contribution in [0.1, 0.15) is 32.6 Å². The van der Waals surface area contributed by atoms with Gasteiger partial charge < -0.3 is 19.8 Å². The number of aromatic amines is 1. The summed E-state index contributed by atoms with van der Waals surface area (Å²) in [4.78, 5) is 45.7. The van der Waals surface area contributed by atoms with Crippen molar-refractivity contribution in [2.75, 3.05) is 18.5 Å². The highest BCUT2D eigenvalue weighted by Gasteiger charge is 2.55. The van der Waals surface area contributed by atoms with E-state index >= 15 is 4.39 Å². The third-order valence-electron chi connectivity index (χ3n) is 7.92. The van der Waals surface area contributed by atoms with Gasteiger partial charge in [0.05, 0.1) is 29.2 Å². The van der Waals surface area contributed by atoms with Crippen molar-refractivity contribution in [2.24, 2.45) is 17.3 Å². The van der Waals surface area contributed by atoms with Crippen molar-refractivity contribution in [3.05, 3.63) is 40.9 Å². The summed E-state index contributed by atoms with van der Waals surface area (Å²) in [7, 11) is 0. The molecule has 0 spiro atoms. The second-order valence-corrected chi connectivity index (χ2v) is 11.4. The minimum atomic E-state index is -0.771. The zero-order valence-corrected chi connectivity index (χ0v) is 23.0. The standard InChI is InChI=1S/C27H25ClFN6O4S/c1-2-38-26(37)39-13-27-7-5-14(6-8-27)20(16(27)12-36)33-24-19(29)22(17-4-3-9-40-17)34-23(35-24)15-10-30-25-21(15)32-18(28)11-31-25/h3-4,9-11,14,16,20H,2,5-8,13H2,1H3,(H,30,31)(H,33,34,35)/t14?,16-,20+,27?/m1/s1. The van der Waals surface area contributed by atoms with E-state index in [0.29, 0.717) is 34.4 Å².